The second-order valence-electron chi connectivity index (χ2n) is 16.5. The number of carbonyl (C=O) groups is 4. The van der Waals surface area contributed by atoms with Crippen LogP contribution in [0.3, 0.4) is 0 Å². The zero-order valence-corrected chi connectivity index (χ0v) is 37.4. The lowest BCUT2D eigenvalue weighted by atomic mass is 10.0. The first-order valence-electron chi connectivity index (χ1n) is 23.9. The van der Waals surface area contributed by atoms with E-state index in [1.807, 2.05) is 0 Å². The maximum Gasteiger partial charge on any atom is 0.311 e. The molecule has 0 amide bonds. The molecule has 0 fully saturated rings. The summed E-state index contributed by atoms with van der Waals surface area (Å²) in [6.45, 7) is 6.65. The third kappa shape index (κ3) is 25.5. The molecule has 8 heteroatoms. The van der Waals surface area contributed by atoms with Gasteiger partial charge in [-0.25, -0.2) is 0 Å². The minimum absolute atomic E-state index is 0.0336. The van der Waals surface area contributed by atoms with Gasteiger partial charge in [0.2, 0.25) is 0 Å². The molecule has 2 aromatic rings. The molecule has 0 radical (unpaired) electrons. The molecular formula is C51H80O8. The monoisotopic (exact) mass is 821 g/mol. The van der Waals surface area contributed by atoms with E-state index in [4.69, 9.17) is 14.2 Å². The molecule has 2 rings (SSSR count). The van der Waals surface area contributed by atoms with Crippen LogP contribution in [0.15, 0.2) is 36.4 Å². The number of aryl methyl sites for hydroxylation is 1. The standard InChI is InChI=1S/C51H80O8/c1-4-7-10-13-16-19-22-25-28-31-49(54)57-43-36-34-42(47(53)40-43)35-39-46(52)45-38-37-44(58-50(55)32-29-26-23-20-17-14-11-8-5-2)41-48(45)59-51(56)33-30-27-24-21-18-15-12-9-6-3/h34,36-38,40-41,53H,4-33,35,39H2,1-3H3. The molecule has 332 valence electrons. The Labute approximate surface area is 358 Å². The minimum atomic E-state index is -0.430. The number of rotatable bonds is 37. The number of hydrogen-bond donors (Lipinski definition) is 1. The van der Waals surface area contributed by atoms with Crippen LogP contribution in [0.1, 0.15) is 236 Å². The van der Waals surface area contributed by atoms with Crippen LogP contribution in [0.4, 0.5) is 0 Å². The predicted molar refractivity (Wildman–Crippen MR) is 240 cm³/mol. The maximum atomic E-state index is 13.6. The van der Waals surface area contributed by atoms with Crippen LogP contribution in [-0.2, 0) is 20.8 Å². The largest absolute Gasteiger partial charge is 0.508 e. The zero-order valence-electron chi connectivity index (χ0n) is 37.4. The van der Waals surface area contributed by atoms with Crippen molar-refractivity contribution in [1.29, 1.82) is 0 Å². The summed E-state index contributed by atoms with van der Waals surface area (Å²) in [6, 6.07) is 9.27. The van der Waals surface area contributed by atoms with Crippen molar-refractivity contribution in [3.05, 3.63) is 47.5 Å². The van der Waals surface area contributed by atoms with Gasteiger partial charge in [0.15, 0.2) is 5.78 Å². The number of phenols is 1. The van der Waals surface area contributed by atoms with Crippen molar-refractivity contribution in [3.8, 4) is 23.0 Å². The molecule has 1 N–H and O–H groups in total. The second-order valence-corrected chi connectivity index (χ2v) is 16.5. The number of esters is 3. The molecule has 0 atom stereocenters. The average Bonchev–Trinajstić information content (AvgIpc) is 3.21. The van der Waals surface area contributed by atoms with E-state index >= 15 is 0 Å². The normalized spacial score (nSPS) is 11.1. The van der Waals surface area contributed by atoms with Crippen LogP contribution in [-0.4, -0.2) is 28.8 Å². The van der Waals surface area contributed by atoms with Gasteiger partial charge in [0.1, 0.15) is 23.0 Å². The highest BCUT2D eigenvalue weighted by molar-refractivity contribution is 5.99. The van der Waals surface area contributed by atoms with Crippen LogP contribution < -0.4 is 14.2 Å². The Bertz CT molecular complexity index is 1450. The summed E-state index contributed by atoms with van der Waals surface area (Å²) >= 11 is 0. The van der Waals surface area contributed by atoms with Crippen molar-refractivity contribution >= 4 is 23.7 Å². The number of hydrogen-bond acceptors (Lipinski definition) is 8. The number of benzene rings is 2. The molecule has 2 aromatic carbocycles. The first kappa shape index (κ1) is 51.5. The molecular weight excluding hydrogens is 741 g/mol. The van der Waals surface area contributed by atoms with Crippen LogP contribution >= 0.6 is 0 Å². The van der Waals surface area contributed by atoms with Crippen molar-refractivity contribution in [2.75, 3.05) is 0 Å². The minimum Gasteiger partial charge on any atom is -0.508 e. The van der Waals surface area contributed by atoms with E-state index in [0.29, 0.717) is 24.8 Å². The lowest BCUT2D eigenvalue weighted by molar-refractivity contribution is -0.135. The summed E-state index contributed by atoms with van der Waals surface area (Å²) in [7, 11) is 0. The third-order valence-electron chi connectivity index (χ3n) is 11.1. The number of ketones is 1. The number of ether oxygens (including phenoxy) is 3. The summed E-state index contributed by atoms with van der Waals surface area (Å²) in [5.74, 6) is -0.882. The topological polar surface area (TPSA) is 116 Å². The molecule has 0 spiro atoms. The highest BCUT2D eigenvalue weighted by Gasteiger charge is 2.19. The number of carbonyl (C=O) groups excluding carboxylic acids is 4. The van der Waals surface area contributed by atoms with Crippen molar-refractivity contribution in [1.82, 2.24) is 0 Å². The van der Waals surface area contributed by atoms with Gasteiger partial charge in [0, 0.05) is 37.8 Å². The van der Waals surface area contributed by atoms with E-state index in [1.54, 1.807) is 24.3 Å². The first-order valence-corrected chi connectivity index (χ1v) is 23.9. The van der Waals surface area contributed by atoms with E-state index in [-0.39, 0.29) is 65.5 Å². The number of unbranched alkanes of at least 4 members (excludes halogenated alkanes) is 24. The molecule has 0 aliphatic rings. The predicted octanol–water partition coefficient (Wildman–Crippen LogP) is 14.7. The van der Waals surface area contributed by atoms with Crippen LogP contribution in [0.25, 0.3) is 0 Å². The van der Waals surface area contributed by atoms with E-state index in [0.717, 1.165) is 57.8 Å². The molecule has 0 bridgehead atoms. The summed E-state index contributed by atoms with van der Waals surface area (Å²) in [5, 5.41) is 10.7. The van der Waals surface area contributed by atoms with E-state index in [2.05, 4.69) is 20.8 Å². The SMILES string of the molecule is CCCCCCCCCCCC(=O)Oc1ccc(CCC(=O)c2ccc(OC(=O)CCCCCCCCCCC)cc2OC(=O)CCCCCCCCCCC)c(O)c1. The van der Waals surface area contributed by atoms with E-state index in [9.17, 15) is 24.3 Å². The Kier molecular flexibility index (Phi) is 29.7. The molecule has 0 saturated heterocycles. The van der Waals surface area contributed by atoms with Gasteiger partial charge in [0.05, 0.1) is 5.56 Å². The van der Waals surface area contributed by atoms with Crippen molar-refractivity contribution in [2.24, 2.45) is 0 Å². The van der Waals surface area contributed by atoms with Crippen LogP contribution in [0, 0.1) is 0 Å². The van der Waals surface area contributed by atoms with Crippen molar-refractivity contribution in [2.45, 2.75) is 226 Å². The fraction of sp³-hybridized carbons (Fsp3) is 0.686. The van der Waals surface area contributed by atoms with Gasteiger partial charge in [-0.15, -0.1) is 0 Å². The van der Waals surface area contributed by atoms with Gasteiger partial charge in [0.25, 0.3) is 0 Å². The van der Waals surface area contributed by atoms with Gasteiger partial charge >= 0.3 is 17.9 Å². The Morgan fingerprint density at radius 2 is 0.780 bits per heavy atom. The fourth-order valence-corrected chi connectivity index (χ4v) is 7.36. The molecule has 59 heavy (non-hydrogen) atoms. The van der Waals surface area contributed by atoms with Gasteiger partial charge in [-0.1, -0.05) is 181 Å². The fourth-order valence-electron chi connectivity index (χ4n) is 7.36. The van der Waals surface area contributed by atoms with E-state index < -0.39 is 5.97 Å². The van der Waals surface area contributed by atoms with Gasteiger partial charge in [-0.05, 0) is 49.4 Å². The lowest BCUT2D eigenvalue weighted by Crippen LogP contribution is -2.13. The Morgan fingerprint density at radius 3 is 1.19 bits per heavy atom. The lowest BCUT2D eigenvalue weighted by Gasteiger charge is -2.13. The number of phenolic OH excluding ortho intramolecular Hbond substituents is 1. The summed E-state index contributed by atoms with van der Waals surface area (Å²) < 4.78 is 16.9. The molecule has 0 aliphatic heterocycles. The second kappa shape index (κ2) is 34.1. The molecule has 0 aliphatic carbocycles. The summed E-state index contributed by atoms with van der Waals surface area (Å²) in [5.41, 5.74) is 0.744. The number of Topliss-reactive ketones (excluding diaryl/α,β-unsaturated/α-hetero) is 1. The van der Waals surface area contributed by atoms with Gasteiger partial charge in [-0.3, -0.25) is 19.2 Å². The van der Waals surface area contributed by atoms with Crippen molar-refractivity contribution < 1.29 is 38.5 Å². The van der Waals surface area contributed by atoms with Gasteiger partial charge in [-0.2, -0.15) is 0 Å². The quantitative estimate of drug-likeness (QED) is 0.0310. The highest BCUT2D eigenvalue weighted by atomic mass is 16.5. The smallest absolute Gasteiger partial charge is 0.311 e. The maximum absolute atomic E-state index is 13.6. The summed E-state index contributed by atoms with van der Waals surface area (Å²) in [6.07, 6.45) is 32.1. The Morgan fingerprint density at radius 1 is 0.424 bits per heavy atom. The molecule has 0 unspecified atom stereocenters. The first-order chi connectivity index (χ1) is 28.8. The molecule has 0 heterocycles. The Hall–Kier alpha value is -3.68. The van der Waals surface area contributed by atoms with Gasteiger partial charge < -0.3 is 19.3 Å². The van der Waals surface area contributed by atoms with Crippen LogP contribution in [0.2, 0.25) is 0 Å². The number of aromatic hydroxyl groups is 1. The zero-order chi connectivity index (χ0) is 42.8. The molecule has 8 nitrogen and oxygen atoms in total. The Balaban J connectivity index is 1.93. The van der Waals surface area contributed by atoms with Crippen LogP contribution in [0.5, 0.6) is 23.0 Å². The van der Waals surface area contributed by atoms with E-state index in [1.165, 1.54) is 121 Å². The summed E-state index contributed by atoms with van der Waals surface area (Å²) in [4.78, 5) is 51.7. The van der Waals surface area contributed by atoms with Crippen molar-refractivity contribution in [3.63, 3.8) is 0 Å². The molecule has 0 saturated carbocycles. The highest BCUT2D eigenvalue weighted by Crippen LogP contribution is 2.30. The third-order valence-corrected chi connectivity index (χ3v) is 11.1. The molecule has 0 aromatic heterocycles. The average molecular weight is 821 g/mol.